The fourth-order valence-electron chi connectivity index (χ4n) is 1.83. The lowest BCUT2D eigenvalue weighted by atomic mass is 10.1. The predicted octanol–water partition coefficient (Wildman–Crippen LogP) is 2.06. The van der Waals surface area contributed by atoms with E-state index in [2.05, 4.69) is 22.0 Å². The molecule has 0 unspecified atom stereocenters. The fourth-order valence-corrected chi connectivity index (χ4v) is 1.83. The van der Waals surface area contributed by atoms with Gasteiger partial charge in [-0.3, -0.25) is 14.5 Å². The highest BCUT2D eigenvalue weighted by Crippen LogP contribution is 2.18. The number of hydrogen-bond acceptors (Lipinski definition) is 3. The zero-order valence-corrected chi connectivity index (χ0v) is 11.5. The van der Waals surface area contributed by atoms with Crippen molar-refractivity contribution in [3.05, 3.63) is 49.1 Å². The Morgan fingerprint density at radius 2 is 2.25 bits per heavy atom. The first-order valence-electron chi connectivity index (χ1n) is 6.49. The molecule has 0 saturated carbocycles. The number of carbonyl (C=O) groups excluding carboxylic acids is 1. The normalized spacial score (nSPS) is 10.2. The second-order valence-electron chi connectivity index (χ2n) is 4.59. The van der Waals surface area contributed by atoms with Crippen LogP contribution in [0.5, 0.6) is 0 Å². The van der Waals surface area contributed by atoms with Gasteiger partial charge in [0, 0.05) is 49.7 Å². The number of nitrogens with one attached hydrogen (secondary N) is 1. The van der Waals surface area contributed by atoms with Crippen LogP contribution in [0.1, 0.15) is 18.4 Å². The van der Waals surface area contributed by atoms with Crippen LogP contribution in [0.2, 0.25) is 0 Å². The number of carbonyl (C=O) groups is 1. The van der Waals surface area contributed by atoms with Crippen molar-refractivity contribution in [1.82, 2.24) is 20.1 Å². The monoisotopic (exact) mass is 270 g/mol. The van der Waals surface area contributed by atoms with Crippen molar-refractivity contribution in [2.24, 2.45) is 7.05 Å². The highest BCUT2D eigenvalue weighted by atomic mass is 16.1. The van der Waals surface area contributed by atoms with Gasteiger partial charge >= 0.3 is 0 Å². The number of pyridine rings is 1. The molecule has 0 bridgehead atoms. The number of hydrogen-bond donors (Lipinski definition) is 1. The van der Waals surface area contributed by atoms with E-state index >= 15 is 0 Å². The van der Waals surface area contributed by atoms with E-state index in [-0.39, 0.29) is 5.91 Å². The maximum Gasteiger partial charge on any atom is 0.220 e. The Morgan fingerprint density at radius 1 is 1.40 bits per heavy atom. The Hall–Kier alpha value is -2.43. The minimum atomic E-state index is 0.0247. The van der Waals surface area contributed by atoms with Gasteiger partial charge in [0.05, 0.1) is 6.20 Å². The lowest BCUT2D eigenvalue weighted by Gasteiger charge is -2.05. The van der Waals surface area contributed by atoms with Crippen LogP contribution in [0.4, 0.5) is 0 Å². The van der Waals surface area contributed by atoms with Crippen molar-refractivity contribution in [1.29, 1.82) is 0 Å². The zero-order valence-electron chi connectivity index (χ0n) is 11.5. The molecule has 5 heteroatoms. The van der Waals surface area contributed by atoms with Crippen LogP contribution in [0.25, 0.3) is 11.1 Å². The molecule has 2 aromatic heterocycles. The van der Waals surface area contributed by atoms with Crippen molar-refractivity contribution in [3.63, 3.8) is 0 Å². The van der Waals surface area contributed by atoms with Crippen LogP contribution in [-0.4, -0.2) is 20.7 Å². The number of nitrogens with zero attached hydrogens (tertiary/aromatic N) is 3. The summed E-state index contributed by atoms with van der Waals surface area (Å²) in [6.45, 7) is 4.08. The van der Waals surface area contributed by atoms with E-state index in [9.17, 15) is 4.79 Å². The molecule has 104 valence electrons. The van der Waals surface area contributed by atoms with E-state index in [1.165, 1.54) is 0 Å². The smallest absolute Gasteiger partial charge is 0.220 e. The number of aryl methyl sites for hydroxylation is 1. The van der Waals surface area contributed by atoms with E-state index in [4.69, 9.17) is 0 Å². The van der Waals surface area contributed by atoms with Gasteiger partial charge in [-0.15, -0.1) is 6.58 Å². The van der Waals surface area contributed by atoms with Gasteiger partial charge in [0.15, 0.2) is 0 Å². The van der Waals surface area contributed by atoms with E-state index in [1.54, 1.807) is 29.3 Å². The molecule has 5 nitrogen and oxygen atoms in total. The third-order valence-corrected chi connectivity index (χ3v) is 2.90. The van der Waals surface area contributed by atoms with E-state index in [1.807, 2.05) is 19.3 Å². The lowest BCUT2D eigenvalue weighted by molar-refractivity contribution is -0.121. The molecular formula is C15H18N4O. The molecule has 0 aliphatic rings. The summed E-state index contributed by atoms with van der Waals surface area (Å²) in [6.07, 6.45) is 10.2. The molecule has 2 rings (SSSR count). The van der Waals surface area contributed by atoms with Crippen LogP contribution in [-0.2, 0) is 18.4 Å². The summed E-state index contributed by atoms with van der Waals surface area (Å²) in [7, 11) is 1.88. The van der Waals surface area contributed by atoms with Crippen LogP contribution in [0.15, 0.2) is 43.5 Å². The number of rotatable bonds is 6. The van der Waals surface area contributed by atoms with E-state index < -0.39 is 0 Å². The van der Waals surface area contributed by atoms with Gasteiger partial charge in [-0.1, -0.05) is 6.08 Å². The molecule has 0 saturated heterocycles. The molecule has 2 aromatic rings. The minimum Gasteiger partial charge on any atom is -0.352 e. The van der Waals surface area contributed by atoms with Crippen LogP contribution in [0, 0.1) is 0 Å². The molecule has 0 aliphatic heterocycles. The van der Waals surface area contributed by atoms with Gasteiger partial charge < -0.3 is 5.32 Å². The van der Waals surface area contributed by atoms with Gasteiger partial charge in [-0.05, 0) is 18.1 Å². The molecule has 0 atom stereocenters. The van der Waals surface area contributed by atoms with Gasteiger partial charge in [-0.2, -0.15) is 5.10 Å². The highest BCUT2D eigenvalue weighted by molar-refractivity contribution is 5.76. The van der Waals surface area contributed by atoms with E-state index in [0.29, 0.717) is 19.4 Å². The number of amides is 1. The second kappa shape index (κ2) is 6.65. The first-order valence-corrected chi connectivity index (χ1v) is 6.49. The lowest BCUT2D eigenvalue weighted by Crippen LogP contribution is -2.22. The molecular weight excluding hydrogens is 252 g/mol. The van der Waals surface area contributed by atoms with Crippen molar-refractivity contribution in [3.8, 4) is 11.1 Å². The molecule has 0 radical (unpaired) electrons. The molecule has 0 aliphatic carbocycles. The molecule has 0 fully saturated rings. The second-order valence-corrected chi connectivity index (χ2v) is 4.59. The van der Waals surface area contributed by atoms with Crippen LogP contribution in [0.3, 0.4) is 0 Å². The summed E-state index contributed by atoms with van der Waals surface area (Å²) < 4.78 is 1.75. The third kappa shape index (κ3) is 3.78. The quantitative estimate of drug-likeness (QED) is 0.817. The molecule has 1 N–H and O–H groups in total. The van der Waals surface area contributed by atoms with Crippen molar-refractivity contribution >= 4 is 5.91 Å². The summed E-state index contributed by atoms with van der Waals surface area (Å²) in [5.41, 5.74) is 2.98. The fraction of sp³-hybridized carbons (Fsp3) is 0.267. The first-order chi connectivity index (χ1) is 9.69. The Balaban J connectivity index is 1.99. The summed E-state index contributed by atoms with van der Waals surface area (Å²) in [6, 6.07) is 2.01. The first kappa shape index (κ1) is 14.0. The molecule has 1 amide bonds. The molecule has 20 heavy (non-hydrogen) atoms. The number of allylic oxidation sites excluding steroid dienone is 1. The number of aromatic nitrogens is 3. The van der Waals surface area contributed by atoms with Gasteiger partial charge in [0.25, 0.3) is 0 Å². The molecule has 2 heterocycles. The Bertz CT molecular complexity index is 603. The van der Waals surface area contributed by atoms with Crippen LogP contribution >= 0.6 is 0 Å². The van der Waals surface area contributed by atoms with Crippen LogP contribution < -0.4 is 5.32 Å². The Labute approximate surface area is 118 Å². The summed E-state index contributed by atoms with van der Waals surface area (Å²) in [5.74, 6) is 0.0247. The van der Waals surface area contributed by atoms with E-state index in [0.717, 1.165) is 16.7 Å². The summed E-state index contributed by atoms with van der Waals surface area (Å²) in [5, 5.41) is 7.01. The van der Waals surface area contributed by atoms with Crippen molar-refractivity contribution < 1.29 is 4.79 Å². The maximum atomic E-state index is 11.5. The average molecular weight is 270 g/mol. The average Bonchev–Trinajstić information content (AvgIpc) is 2.90. The topological polar surface area (TPSA) is 59.8 Å². The van der Waals surface area contributed by atoms with Gasteiger partial charge in [0.2, 0.25) is 5.91 Å². The summed E-state index contributed by atoms with van der Waals surface area (Å²) in [4.78, 5) is 15.7. The Kier molecular flexibility index (Phi) is 4.65. The standard InChI is InChI=1S/C15H18N4O/c1-3-4-5-15(20)17-8-12-6-13(9-16-7-12)14-10-18-19(2)11-14/h3,6-7,9-11H,1,4-5,8H2,2H3,(H,17,20). The maximum absolute atomic E-state index is 11.5. The SMILES string of the molecule is C=CCCC(=O)NCc1cncc(-c2cnn(C)c2)c1. The third-order valence-electron chi connectivity index (χ3n) is 2.90. The highest BCUT2D eigenvalue weighted by Gasteiger charge is 2.04. The minimum absolute atomic E-state index is 0.0247. The Morgan fingerprint density at radius 3 is 2.95 bits per heavy atom. The van der Waals surface area contributed by atoms with Crippen molar-refractivity contribution in [2.75, 3.05) is 0 Å². The van der Waals surface area contributed by atoms with Crippen molar-refractivity contribution in [2.45, 2.75) is 19.4 Å². The van der Waals surface area contributed by atoms with Gasteiger partial charge in [0.1, 0.15) is 0 Å². The van der Waals surface area contributed by atoms with Gasteiger partial charge in [-0.25, -0.2) is 0 Å². The predicted molar refractivity (Wildman–Crippen MR) is 77.7 cm³/mol. The molecule has 0 aromatic carbocycles. The largest absolute Gasteiger partial charge is 0.352 e. The zero-order chi connectivity index (χ0) is 14.4. The molecule has 0 spiro atoms. The summed E-state index contributed by atoms with van der Waals surface area (Å²) >= 11 is 0.